The second kappa shape index (κ2) is 7.74. The lowest BCUT2D eigenvalue weighted by molar-refractivity contribution is 0.0857. The van der Waals surface area contributed by atoms with Crippen LogP contribution < -0.4 is 10.6 Å². The molecule has 0 radical (unpaired) electrons. The summed E-state index contributed by atoms with van der Waals surface area (Å²) in [6.07, 6.45) is 5.53. The number of hydrogen-bond donors (Lipinski definition) is 2. The van der Waals surface area contributed by atoms with Crippen molar-refractivity contribution in [3.63, 3.8) is 0 Å². The Labute approximate surface area is 136 Å². The predicted octanol–water partition coefficient (Wildman–Crippen LogP) is 2.60. The number of amides is 1. The first-order valence-electron chi connectivity index (χ1n) is 7.94. The highest BCUT2D eigenvalue weighted by molar-refractivity contribution is 5.94. The minimum absolute atomic E-state index is 0.114. The van der Waals surface area contributed by atoms with E-state index in [0.29, 0.717) is 18.7 Å². The number of carbonyl (C=O) groups excluding carboxylic acids is 1. The zero-order chi connectivity index (χ0) is 15.9. The fourth-order valence-electron chi connectivity index (χ4n) is 2.57. The van der Waals surface area contributed by atoms with Crippen LogP contribution in [-0.4, -0.2) is 30.1 Å². The molecule has 120 valence electrons. The second-order valence-electron chi connectivity index (χ2n) is 5.65. The Morgan fingerprint density at radius 2 is 2.13 bits per heavy atom. The van der Waals surface area contributed by atoms with Crippen LogP contribution in [0.15, 0.2) is 48.8 Å². The molecule has 1 atom stereocenters. The summed E-state index contributed by atoms with van der Waals surface area (Å²) in [4.78, 5) is 16.3. The zero-order valence-electron chi connectivity index (χ0n) is 13.0. The van der Waals surface area contributed by atoms with Gasteiger partial charge >= 0.3 is 0 Å². The van der Waals surface area contributed by atoms with Gasteiger partial charge in [-0.2, -0.15) is 0 Å². The van der Waals surface area contributed by atoms with E-state index in [2.05, 4.69) is 27.8 Å². The van der Waals surface area contributed by atoms with Gasteiger partial charge in [0.05, 0.1) is 17.4 Å². The van der Waals surface area contributed by atoms with Crippen LogP contribution in [0.1, 0.15) is 28.8 Å². The summed E-state index contributed by atoms with van der Waals surface area (Å²) in [7, 11) is 0. The van der Waals surface area contributed by atoms with E-state index in [0.717, 1.165) is 25.1 Å². The predicted molar refractivity (Wildman–Crippen MR) is 89.3 cm³/mol. The Kier molecular flexibility index (Phi) is 5.21. The van der Waals surface area contributed by atoms with Gasteiger partial charge in [0, 0.05) is 32.1 Å². The summed E-state index contributed by atoms with van der Waals surface area (Å²) in [6, 6.07) is 11.9. The maximum Gasteiger partial charge on any atom is 0.253 e. The molecular formula is C18H21N3O2. The van der Waals surface area contributed by atoms with Crippen molar-refractivity contribution in [3.8, 4) is 0 Å². The third-order valence-corrected chi connectivity index (χ3v) is 3.85. The normalized spacial score (nSPS) is 17.0. The van der Waals surface area contributed by atoms with Crippen molar-refractivity contribution < 1.29 is 9.53 Å². The number of rotatable bonds is 6. The summed E-state index contributed by atoms with van der Waals surface area (Å²) in [5.41, 5.74) is 2.57. The Hall–Kier alpha value is -2.40. The molecule has 2 heterocycles. The van der Waals surface area contributed by atoms with Gasteiger partial charge in [-0.15, -0.1) is 0 Å². The van der Waals surface area contributed by atoms with E-state index in [1.165, 1.54) is 5.56 Å². The number of hydrogen-bond acceptors (Lipinski definition) is 4. The lowest BCUT2D eigenvalue weighted by atomic mass is 10.2. The SMILES string of the molecule is O=C(NCC1CCCO1)c1cncc(NCc2ccccc2)c1. The summed E-state index contributed by atoms with van der Waals surface area (Å²) in [5.74, 6) is -0.114. The number of anilines is 1. The van der Waals surface area contributed by atoms with Gasteiger partial charge in [-0.3, -0.25) is 9.78 Å². The van der Waals surface area contributed by atoms with Crippen LogP contribution in [0, 0.1) is 0 Å². The maximum absolute atomic E-state index is 12.2. The molecular weight excluding hydrogens is 290 g/mol. The number of benzene rings is 1. The molecule has 5 nitrogen and oxygen atoms in total. The Bertz CT molecular complexity index is 640. The molecule has 1 aromatic heterocycles. The number of aromatic nitrogens is 1. The molecule has 1 unspecified atom stereocenters. The molecule has 1 aromatic carbocycles. The fourth-order valence-corrected chi connectivity index (χ4v) is 2.57. The molecule has 0 saturated carbocycles. The molecule has 0 aliphatic carbocycles. The highest BCUT2D eigenvalue weighted by atomic mass is 16.5. The molecule has 0 spiro atoms. The quantitative estimate of drug-likeness (QED) is 0.861. The van der Waals surface area contributed by atoms with Crippen molar-refractivity contribution in [2.75, 3.05) is 18.5 Å². The largest absolute Gasteiger partial charge is 0.380 e. The van der Waals surface area contributed by atoms with Gasteiger partial charge in [0.1, 0.15) is 0 Å². The molecule has 2 aromatic rings. The number of nitrogens with zero attached hydrogens (tertiary/aromatic N) is 1. The van der Waals surface area contributed by atoms with Gasteiger partial charge < -0.3 is 15.4 Å². The summed E-state index contributed by atoms with van der Waals surface area (Å²) >= 11 is 0. The summed E-state index contributed by atoms with van der Waals surface area (Å²) < 4.78 is 5.51. The first kappa shape index (κ1) is 15.5. The lowest BCUT2D eigenvalue weighted by Crippen LogP contribution is -2.31. The first-order chi connectivity index (χ1) is 11.3. The van der Waals surface area contributed by atoms with Crippen molar-refractivity contribution in [2.24, 2.45) is 0 Å². The third-order valence-electron chi connectivity index (χ3n) is 3.85. The van der Waals surface area contributed by atoms with Crippen LogP contribution in [0.25, 0.3) is 0 Å². The van der Waals surface area contributed by atoms with E-state index < -0.39 is 0 Å². The van der Waals surface area contributed by atoms with E-state index in [-0.39, 0.29) is 12.0 Å². The average Bonchev–Trinajstić information content (AvgIpc) is 3.12. The summed E-state index contributed by atoms with van der Waals surface area (Å²) in [6.45, 7) is 2.05. The van der Waals surface area contributed by atoms with Crippen LogP contribution in [-0.2, 0) is 11.3 Å². The molecule has 5 heteroatoms. The second-order valence-corrected chi connectivity index (χ2v) is 5.65. The van der Waals surface area contributed by atoms with Crippen molar-refractivity contribution in [3.05, 3.63) is 59.9 Å². The highest BCUT2D eigenvalue weighted by Gasteiger charge is 2.16. The number of nitrogens with one attached hydrogen (secondary N) is 2. The Morgan fingerprint density at radius 1 is 1.26 bits per heavy atom. The minimum atomic E-state index is -0.114. The van der Waals surface area contributed by atoms with Gasteiger partial charge in [0.2, 0.25) is 0 Å². The van der Waals surface area contributed by atoms with Gasteiger partial charge in [-0.05, 0) is 24.5 Å². The Balaban J connectivity index is 1.54. The van der Waals surface area contributed by atoms with Gasteiger partial charge in [0.25, 0.3) is 5.91 Å². The number of ether oxygens (including phenoxy) is 1. The highest BCUT2D eigenvalue weighted by Crippen LogP contribution is 2.12. The maximum atomic E-state index is 12.2. The van der Waals surface area contributed by atoms with Crippen LogP contribution >= 0.6 is 0 Å². The van der Waals surface area contributed by atoms with E-state index >= 15 is 0 Å². The van der Waals surface area contributed by atoms with Gasteiger partial charge in [0.15, 0.2) is 0 Å². The molecule has 1 saturated heterocycles. The lowest BCUT2D eigenvalue weighted by Gasteiger charge is -2.11. The van der Waals surface area contributed by atoms with E-state index in [1.807, 2.05) is 24.3 Å². The third kappa shape index (κ3) is 4.53. The van der Waals surface area contributed by atoms with Gasteiger partial charge in [-0.1, -0.05) is 30.3 Å². The monoisotopic (exact) mass is 311 g/mol. The Morgan fingerprint density at radius 3 is 2.91 bits per heavy atom. The van der Waals surface area contributed by atoms with Crippen LogP contribution in [0.3, 0.4) is 0 Å². The molecule has 2 N–H and O–H groups in total. The van der Waals surface area contributed by atoms with Crippen molar-refractivity contribution in [1.82, 2.24) is 10.3 Å². The molecule has 23 heavy (non-hydrogen) atoms. The standard InChI is InChI=1S/C18H21N3O2/c22-18(21-13-17-7-4-8-23-17)15-9-16(12-19-11-15)20-10-14-5-2-1-3-6-14/h1-3,5-6,9,11-12,17,20H,4,7-8,10,13H2,(H,21,22). The topological polar surface area (TPSA) is 63.2 Å². The smallest absolute Gasteiger partial charge is 0.253 e. The number of pyridine rings is 1. The van der Waals surface area contributed by atoms with E-state index in [1.54, 1.807) is 12.4 Å². The van der Waals surface area contributed by atoms with Crippen molar-refractivity contribution >= 4 is 11.6 Å². The van der Waals surface area contributed by atoms with Gasteiger partial charge in [-0.25, -0.2) is 0 Å². The van der Waals surface area contributed by atoms with Crippen LogP contribution in [0.2, 0.25) is 0 Å². The molecule has 3 rings (SSSR count). The van der Waals surface area contributed by atoms with Crippen molar-refractivity contribution in [2.45, 2.75) is 25.5 Å². The van der Waals surface area contributed by atoms with E-state index in [4.69, 9.17) is 4.74 Å². The molecule has 0 bridgehead atoms. The van der Waals surface area contributed by atoms with Crippen LogP contribution in [0.5, 0.6) is 0 Å². The first-order valence-corrected chi connectivity index (χ1v) is 7.94. The molecule has 1 amide bonds. The molecule has 1 aliphatic rings. The molecule has 1 aliphatic heterocycles. The summed E-state index contributed by atoms with van der Waals surface area (Å²) in [5, 5.41) is 6.20. The molecule has 1 fully saturated rings. The number of carbonyl (C=O) groups is 1. The average molecular weight is 311 g/mol. The van der Waals surface area contributed by atoms with Crippen LogP contribution in [0.4, 0.5) is 5.69 Å². The fraction of sp³-hybridized carbons (Fsp3) is 0.333. The van der Waals surface area contributed by atoms with E-state index in [9.17, 15) is 4.79 Å². The zero-order valence-corrected chi connectivity index (χ0v) is 13.0. The van der Waals surface area contributed by atoms with Crippen molar-refractivity contribution in [1.29, 1.82) is 0 Å². The minimum Gasteiger partial charge on any atom is -0.380 e.